The third-order valence-electron chi connectivity index (χ3n) is 4.16. The Bertz CT molecular complexity index is 1090. The summed E-state index contributed by atoms with van der Waals surface area (Å²) in [4.78, 5) is 17.4. The zero-order chi connectivity index (χ0) is 21.2. The first kappa shape index (κ1) is 20.5. The van der Waals surface area contributed by atoms with Crippen LogP contribution < -0.4 is 5.43 Å². The van der Waals surface area contributed by atoms with Gasteiger partial charge in [0.05, 0.1) is 10.6 Å². The van der Waals surface area contributed by atoms with Crippen molar-refractivity contribution in [2.45, 2.75) is 13.1 Å². The summed E-state index contributed by atoms with van der Waals surface area (Å²) in [6.45, 7) is 5.59. The monoisotopic (exact) mass is 417 g/mol. The Balaban J connectivity index is 2.16. The van der Waals surface area contributed by atoms with Crippen LogP contribution in [0.5, 0.6) is 0 Å². The lowest BCUT2D eigenvalue weighted by Gasteiger charge is -2.14. The maximum atomic E-state index is 13.3. The number of aryl methyl sites for hydroxylation is 1. The predicted molar refractivity (Wildman–Crippen MR) is 107 cm³/mol. The van der Waals surface area contributed by atoms with Crippen LogP contribution in [-0.2, 0) is 6.18 Å². The lowest BCUT2D eigenvalue weighted by Crippen LogP contribution is -2.12. The Morgan fingerprint density at radius 3 is 2.72 bits per heavy atom. The van der Waals surface area contributed by atoms with E-state index in [4.69, 9.17) is 11.6 Å². The molecule has 0 unspecified atom stereocenters. The third-order valence-corrected chi connectivity index (χ3v) is 4.49. The Labute approximate surface area is 170 Å². The zero-order valence-corrected chi connectivity index (χ0v) is 16.0. The van der Waals surface area contributed by atoms with E-state index in [1.807, 2.05) is 0 Å². The van der Waals surface area contributed by atoms with Gasteiger partial charge in [-0.2, -0.15) is 18.3 Å². The summed E-state index contributed by atoms with van der Waals surface area (Å²) in [6, 6.07) is 5.12. The van der Waals surface area contributed by atoms with Crippen molar-refractivity contribution < 1.29 is 18.0 Å². The van der Waals surface area contributed by atoms with Crippen molar-refractivity contribution in [2.75, 3.05) is 0 Å². The Morgan fingerprint density at radius 2 is 2.00 bits per heavy atom. The molecule has 1 aromatic carbocycles. The fourth-order valence-corrected chi connectivity index (χ4v) is 2.99. The predicted octanol–water partition coefficient (Wildman–Crippen LogP) is 5.50. The Kier molecular flexibility index (Phi) is 5.70. The van der Waals surface area contributed by atoms with Crippen molar-refractivity contribution in [3.8, 4) is 11.1 Å². The smallest absolute Gasteiger partial charge is 0.287 e. The van der Waals surface area contributed by atoms with Gasteiger partial charge in [-0.3, -0.25) is 15.2 Å². The molecule has 0 radical (unpaired) electrons. The van der Waals surface area contributed by atoms with Crippen LogP contribution in [0.2, 0.25) is 5.02 Å². The lowest BCUT2D eigenvalue weighted by molar-refractivity contribution is -0.137. The molecule has 2 heterocycles. The number of rotatable bonds is 3. The number of nitrogens with zero attached hydrogens (tertiary/aromatic N) is 2. The van der Waals surface area contributed by atoms with Gasteiger partial charge in [-0.25, -0.2) is 0 Å². The molecule has 8 heteroatoms. The van der Waals surface area contributed by atoms with Crippen LogP contribution in [-0.4, -0.2) is 17.0 Å². The fraction of sp³-hybridized carbons (Fsp3) is 0.0952. The molecular weight excluding hydrogens is 403 g/mol. The molecule has 1 N–H and O–H groups in total. The molecule has 4 nitrogen and oxygen atoms in total. The van der Waals surface area contributed by atoms with Gasteiger partial charge >= 0.3 is 6.18 Å². The summed E-state index contributed by atoms with van der Waals surface area (Å²) in [5.41, 5.74) is 3.44. The number of nitrogens with one attached hydrogen (secondary N) is 1. The number of Topliss-reactive ketones (excluding diaryl/α,β-unsaturated/α-hetero) is 1. The molecule has 148 valence electrons. The molecule has 0 amide bonds. The minimum absolute atomic E-state index is 0.00813. The SMILES string of the molecule is C=C1/C=C\N/N=C\C=C/1C(=O)c1ncc(C)cc1-c1ccc(Cl)c(C(F)(F)F)c1. The summed E-state index contributed by atoms with van der Waals surface area (Å²) < 4.78 is 39.9. The van der Waals surface area contributed by atoms with Crippen LogP contribution >= 0.6 is 11.6 Å². The van der Waals surface area contributed by atoms with E-state index < -0.39 is 22.5 Å². The highest BCUT2D eigenvalue weighted by Gasteiger charge is 2.34. The molecule has 1 aromatic heterocycles. The van der Waals surface area contributed by atoms with Crippen molar-refractivity contribution in [2.24, 2.45) is 5.10 Å². The quantitative estimate of drug-likeness (QED) is 0.671. The van der Waals surface area contributed by atoms with Crippen LogP contribution in [0.3, 0.4) is 0 Å². The normalized spacial score (nSPS) is 18.1. The zero-order valence-electron chi connectivity index (χ0n) is 15.2. The number of hydrogen-bond donors (Lipinski definition) is 1. The van der Waals surface area contributed by atoms with E-state index in [9.17, 15) is 18.0 Å². The molecule has 29 heavy (non-hydrogen) atoms. The summed E-state index contributed by atoms with van der Waals surface area (Å²) in [7, 11) is 0. The van der Waals surface area contributed by atoms with Crippen molar-refractivity contribution in [3.63, 3.8) is 0 Å². The molecule has 1 aliphatic heterocycles. The highest BCUT2D eigenvalue weighted by atomic mass is 35.5. The average Bonchev–Trinajstić information content (AvgIpc) is 2.64. The second-order valence-corrected chi connectivity index (χ2v) is 6.68. The van der Waals surface area contributed by atoms with Crippen LogP contribution in [0.4, 0.5) is 13.2 Å². The number of carbonyl (C=O) groups is 1. The van der Waals surface area contributed by atoms with Gasteiger partial charge in [0, 0.05) is 29.7 Å². The van der Waals surface area contributed by atoms with Gasteiger partial charge in [0.2, 0.25) is 5.78 Å². The highest BCUT2D eigenvalue weighted by Crippen LogP contribution is 2.38. The van der Waals surface area contributed by atoms with Crippen molar-refractivity contribution in [1.29, 1.82) is 0 Å². The molecular formula is C21H15ClF3N3O. The van der Waals surface area contributed by atoms with Crippen LogP contribution in [0, 0.1) is 6.92 Å². The van der Waals surface area contributed by atoms with Gasteiger partial charge in [0.1, 0.15) is 5.69 Å². The second kappa shape index (κ2) is 8.05. The number of alkyl halides is 3. The summed E-state index contributed by atoms with van der Waals surface area (Å²) in [5, 5.41) is 3.43. The van der Waals surface area contributed by atoms with E-state index >= 15 is 0 Å². The number of hydrogen-bond acceptors (Lipinski definition) is 4. The maximum Gasteiger partial charge on any atom is 0.417 e. The van der Waals surface area contributed by atoms with Crippen LogP contribution in [0.25, 0.3) is 11.1 Å². The summed E-state index contributed by atoms with van der Waals surface area (Å²) >= 11 is 5.73. The first-order valence-corrected chi connectivity index (χ1v) is 8.79. The lowest BCUT2D eigenvalue weighted by atomic mass is 9.93. The first-order valence-electron chi connectivity index (χ1n) is 8.41. The number of halogens is 4. The van der Waals surface area contributed by atoms with Gasteiger partial charge in [-0.1, -0.05) is 24.2 Å². The van der Waals surface area contributed by atoms with Crippen LogP contribution in [0.1, 0.15) is 21.6 Å². The molecule has 0 bridgehead atoms. The average molecular weight is 418 g/mol. The summed E-state index contributed by atoms with van der Waals surface area (Å²) in [5.74, 6) is -0.480. The number of ketones is 1. The van der Waals surface area contributed by atoms with E-state index in [-0.39, 0.29) is 22.4 Å². The number of benzene rings is 1. The van der Waals surface area contributed by atoms with Gasteiger partial charge in [-0.05, 0) is 54.0 Å². The maximum absolute atomic E-state index is 13.3. The molecule has 0 aliphatic carbocycles. The van der Waals surface area contributed by atoms with Crippen molar-refractivity contribution >= 4 is 23.6 Å². The van der Waals surface area contributed by atoms with E-state index in [0.29, 0.717) is 11.1 Å². The van der Waals surface area contributed by atoms with E-state index in [1.54, 1.807) is 19.1 Å². The van der Waals surface area contributed by atoms with Gasteiger partial charge < -0.3 is 0 Å². The molecule has 0 saturated carbocycles. The van der Waals surface area contributed by atoms with Crippen LogP contribution in [0.15, 0.2) is 71.6 Å². The Morgan fingerprint density at radius 1 is 1.24 bits per heavy atom. The Hall–Kier alpha value is -3.19. The number of allylic oxidation sites excluding steroid dienone is 4. The fourth-order valence-electron chi connectivity index (χ4n) is 2.76. The minimum Gasteiger partial charge on any atom is -0.287 e. The van der Waals surface area contributed by atoms with Gasteiger partial charge in [0.25, 0.3) is 0 Å². The minimum atomic E-state index is -4.63. The van der Waals surface area contributed by atoms with E-state index in [2.05, 4.69) is 22.1 Å². The van der Waals surface area contributed by atoms with Crippen molar-refractivity contribution in [3.05, 3.63) is 88.4 Å². The second-order valence-electron chi connectivity index (χ2n) is 6.28. The molecule has 1 aliphatic rings. The highest BCUT2D eigenvalue weighted by molar-refractivity contribution is 6.31. The number of carbonyl (C=O) groups excluding carboxylic acids is 1. The number of hydrazone groups is 1. The van der Waals surface area contributed by atoms with Gasteiger partial charge in [0.15, 0.2) is 0 Å². The van der Waals surface area contributed by atoms with E-state index in [1.165, 1.54) is 30.8 Å². The molecule has 2 aromatic rings. The largest absolute Gasteiger partial charge is 0.417 e. The topological polar surface area (TPSA) is 54.4 Å². The molecule has 0 spiro atoms. The van der Waals surface area contributed by atoms with Gasteiger partial charge in [-0.15, -0.1) is 0 Å². The molecule has 0 fully saturated rings. The number of pyridine rings is 1. The molecule has 0 atom stereocenters. The third kappa shape index (κ3) is 4.46. The summed E-state index contributed by atoms with van der Waals surface area (Å²) in [6.07, 6.45) is 2.79. The standard InChI is InChI=1S/C21H15ClF3N3O/c1-12-9-16(14-3-4-18(22)17(10-14)21(23,24)25)19(26-11-12)20(29)15-6-8-28-27-7-5-13(15)2/h3-11,27H,2H2,1H3/b7-5-,15-6+,28-8-. The molecule has 0 saturated heterocycles. The molecule has 3 rings (SSSR count). The van der Waals surface area contributed by atoms with E-state index in [0.717, 1.165) is 12.1 Å². The number of aromatic nitrogens is 1. The first-order chi connectivity index (χ1) is 13.7. The van der Waals surface area contributed by atoms with Crippen molar-refractivity contribution in [1.82, 2.24) is 10.4 Å².